The number of aromatic nitrogens is 1. The van der Waals surface area contributed by atoms with Gasteiger partial charge in [0.2, 0.25) is 5.91 Å². The summed E-state index contributed by atoms with van der Waals surface area (Å²) in [7, 11) is 1.62. The molecule has 1 atom stereocenters. The van der Waals surface area contributed by atoms with Crippen molar-refractivity contribution in [3.63, 3.8) is 0 Å². The smallest absolute Gasteiger partial charge is 0.408 e. The Labute approximate surface area is 173 Å². The number of amides is 2. The Morgan fingerprint density at radius 1 is 1.07 bits per heavy atom. The molecular formula is C21H33N3O5. The van der Waals surface area contributed by atoms with Gasteiger partial charge in [-0.15, -0.1) is 0 Å². The number of rotatable bonds is 7. The molecule has 0 radical (unpaired) electrons. The van der Waals surface area contributed by atoms with Crippen molar-refractivity contribution < 1.29 is 23.9 Å². The van der Waals surface area contributed by atoms with Crippen molar-refractivity contribution in [2.24, 2.45) is 0 Å². The maximum Gasteiger partial charge on any atom is 0.408 e. The summed E-state index contributed by atoms with van der Waals surface area (Å²) in [6, 6.07) is 4.48. The van der Waals surface area contributed by atoms with Gasteiger partial charge >= 0.3 is 12.1 Å². The van der Waals surface area contributed by atoms with Crippen LogP contribution in [0.25, 0.3) is 0 Å². The molecule has 0 bridgehead atoms. The van der Waals surface area contributed by atoms with Crippen molar-refractivity contribution in [2.75, 3.05) is 13.6 Å². The summed E-state index contributed by atoms with van der Waals surface area (Å²) in [5.74, 6) is -0.984. The van der Waals surface area contributed by atoms with Gasteiger partial charge < -0.3 is 19.7 Å². The predicted molar refractivity (Wildman–Crippen MR) is 109 cm³/mol. The second-order valence-electron chi connectivity index (χ2n) is 8.82. The van der Waals surface area contributed by atoms with E-state index in [4.69, 9.17) is 9.47 Å². The molecule has 29 heavy (non-hydrogen) atoms. The van der Waals surface area contributed by atoms with Gasteiger partial charge in [-0.2, -0.15) is 0 Å². The van der Waals surface area contributed by atoms with Gasteiger partial charge in [0.05, 0.1) is 6.42 Å². The van der Waals surface area contributed by atoms with Crippen molar-refractivity contribution in [3.8, 4) is 0 Å². The fraction of sp³-hybridized carbons (Fsp3) is 0.619. The van der Waals surface area contributed by atoms with E-state index in [1.54, 1.807) is 54.8 Å². The van der Waals surface area contributed by atoms with E-state index >= 15 is 0 Å². The highest BCUT2D eigenvalue weighted by atomic mass is 16.6. The highest BCUT2D eigenvalue weighted by Gasteiger charge is 2.30. The molecule has 0 fully saturated rings. The molecule has 0 aliphatic carbocycles. The standard InChI is InChI=1S/C21H33N3O5/c1-20(2,3)28-17(25)14-16(23-19(27)29-21(4,5)6)18(26)24(7)13-11-15-10-8-9-12-22-15/h8-10,12,16H,11,13-14H2,1-7H3,(H,23,27)/t16-/m0/s1. The van der Waals surface area contributed by atoms with Gasteiger partial charge in [0.25, 0.3) is 0 Å². The largest absolute Gasteiger partial charge is 0.460 e. The number of hydrogen-bond acceptors (Lipinski definition) is 6. The van der Waals surface area contributed by atoms with Crippen LogP contribution in [0.5, 0.6) is 0 Å². The lowest BCUT2D eigenvalue weighted by Gasteiger charge is -2.27. The van der Waals surface area contributed by atoms with Crippen molar-refractivity contribution in [2.45, 2.75) is 71.6 Å². The molecular weight excluding hydrogens is 374 g/mol. The quantitative estimate of drug-likeness (QED) is 0.698. The number of nitrogens with zero attached hydrogens (tertiary/aromatic N) is 2. The fourth-order valence-corrected chi connectivity index (χ4v) is 2.40. The first kappa shape index (κ1) is 24.4. The lowest BCUT2D eigenvalue weighted by atomic mass is 10.1. The van der Waals surface area contributed by atoms with Crippen LogP contribution in [-0.2, 0) is 25.5 Å². The molecule has 1 heterocycles. The first-order chi connectivity index (χ1) is 13.3. The van der Waals surface area contributed by atoms with Crippen LogP contribution < -0.4 is 5.32 Å². The molecule has 1 N–H and O–H groups in total. The van der Waals surface area contributed by atoms with Crippen LogP contribution >= 0.6 is 0 Å². The first-order valence-corrected chi connectivity index (χ1v) is 9.63. The lowest BCUT2D eigenvalue weighted by Crippen LogP contribution is -2.50. The number of alkyl carbamates (subject to hydrolysis) is 1. The van der Waals surface area contributed by atoms with Gasteiger partial charge in [-0.1, -0.05) is 6.07 Å². The summed E-state index contributed by atoms with van der Waals surface area (Å²) in [5.41, 5.74) is -0.577. The average molecular weight is 408 g/mol. The van der Waals surface area contributed by atoms with Crippen LogP contribution in [0.1, 0.15) is 53.7 Å². The predicted octanol–water partition coefficient (Wildman–Crippen LogP) is 2.71. The minimum absolute atomic E-state index is 0.288. The summed E-state index contributed by atoms with van der Waals surface area (Å²) in [4.78, 5) is 43.0. The number of ether oxygens (including phenoxy) is 2. The van der Waals surface area contributed by atoms with Crippen LogP contribution in [0.15, 0.2) is 24.4 Å². The van der Waals surface area contributed by atoms with Gasteiger partial charge in [0.15, 0.2) is 0 Å². The zero-order chi connectivity index (χ0) is 22.2. The van der Waals surface area contributed by atoms with Crippen molar-refractivity contribution >= 4 is 18.0 Å². The van der Waals surface area contributed by atoms with Gasteiger partial charge in [0.1, 0.15) is 17.2 Å². The molecule has 1 aromatic rings. The average Bonchev–Trinajstić information content (AvgIpc) is 2.56. The van der Waals surface area contributed by atoms with Crippen LogP contribution in [0.3, 0.4) is 0 Å². The SMILES string of the molecule is CN(CCc1ccccn1)C(=O)[C@H](CC(=O)OC(C)(C)C)NC(=O)OC(C)(C)C. The molecule has 0 spiro atoms. The second-order valence-corrected chi connectivity index (χ2v) is 8.82. The van der Waals surface area contributed by atoms with Crippen LogP contribution in [0, 0.1) is 0 Å². The normalized spacial score (nSPS) is 12.7. The van der Waals surface area contributed by atoms with Crippen LogP contribution in [-0.4, -0.2) is 58.7 Å². The lowest BCUT2D eigenvalue weighted by molar-refractivity contribution is -0.157. The summed E-state index contributed by atoms with van der Waals surface area (Å²) >= 11 is 0. The molecule has 0 saturated heterocycles. The Balaban J connectivity index is 2.82. The third-order valence-corrected chi connectivity index (χ3v) is 3.59. The van der Waals surface area contributed by atoms with Crippen molar-refractivity contribution in [3.05, 3.63) is 30.1 Å². The zero-order valence-electron chi connectivity index (χ0n) is 18.4. The molecule has 1 rings (SSSR count). The molecule has 8 heteroatoms. The number of carbonyl (C=O) groups is 3. The Morgan fingerprint density at radius 2 is 1.69 bits per heavy atom. The molecule has 0 unspecified atom stereocenters. The summed E-state index contributed by atoms with van der Waals surface area (Å²) < 4.78 is 10.5. The minimum atomic E-state index is -1.09. The third kappa shape index (κ3) is 10.5. The van der Waals surface area contributed by atoms with Crippen LogP contribution in [0.4, 0.5) is 4.79 Å². The number of carbonyl (C=O) groups excluding carboxylic acids is 3. The highest BCUT2D eigenvalue weighted by molar-refractivity contribution is 5.89. The number of esters is 1. The molecule has 0 aliphatic heterocycles. The summed E-state index contributed by atoms with van der Waals surface area (Å²) in [5, 5.41) is 2.50. The molecule has 1 aromatic heterocycles. The molecule has 162 valence electrons. The van der Waals surface area contributed by atoms with Gasteiger partial charge in [-0.3, -0.25) is 14.6 Å². The molecule has 0 aromatic carbocycles. The number of likely N-dealkylation sites (N-methyl/N-ethyl adjacent to an activating group) is 1. The Morgan fingerprint density at radius 3 is 2.21 bits per heavy atom. The maximum atomic E-state index is 12.9. The van der Waals surface area contributed by atoms with E-state index in [1.807, 2.05) is 18.2 Å². The maximum absolute atomic E-state index is 12.9. The Bertz CT molecular complexity index is 663. The van der Waals surface area contributed by atoms with Gasteiger partial charge in [0, 0.05) is 31.9 Å². The fourth-order valence-electron chi connectivity index (χ4n) is 2.40. The molecule has 0 aliphatic rings. The first-order valence-electron chi connectivity index (χ1n) is 9.63. The monoisotopic (exact) mass is 407 g/mol. The number of nitrogens with one attached hydrogen (secondary N) is 1. The molecule has 0 saturated carbocycles. The van der Waals surface area contributed by atoms with E-state index in [0.717, 1.165) is 5.69 Å². The number of hydrogen-bond donors (Lipinski definition) is 1. The van der Waals surface area contributed by atoms with E-state index in [9.17, 15) is 14.4 Å². The Hall–Kier alpha value is -2.64. The van der Waals surface area contributed by atoms with Gasteiger partial charge in [-0.05, 0) is 53.7 Å². The summed E-state index contributed by atoms with van der Waals surface area (Å²) in [6.07, 6.45) is 1.18. The minimum Gasteiger partial charge on any atom is -0.460 e. The van der Waals surface area contributed by atoms with Crippen molar-refractivity contribution in [1.82, 2.24) is 15.2 Å². The van der Waals surface area contributed by atoms with E-state index in [2.05, 4.69) is 10.3 Å². The van der Waals surface area contributed by atoms with E-state index < -0.39 is 35.2 Å². The second kappa shape index (κ2) is 10.2. The van der Waals surface area contributed by atoms with E-state index in [1.165, 1.54) is 4.90 Å². The topological polar surface area (TPSA) is 97.8 Å². The van der Waals surface area contributed by atoms with E-state index in [0.29, 0.717) is 13.0 Å². The summed E-state index contributed by atoms with van der Waals surface area (Å²) in [6.45, 7) is 10.8. The van der Waals surface area contributed by atoms with Gasteiger partial charge in [-0.25, -0.2) is 4.79 Å². The Kier molecular flexibility index (Phi) is 8.60. The highest BCUT2D eigenvalue weighted by Crippen LogP contribution is 2.12. The van der Waals surface area contributed by atoms with Crippen LogP contribution in [0.2, 0.25) is 0 Å². The van der Waals surface area contributed by atoms with E-state index in [-0.39, 0.29) is 6.42 Å². The molecule has 2 amide bonds. The van der Waals surface area contributed by atoms with Crippen molar-refractivity contribution in [1.29, 1.82) is 0 Å². The number of pyridine rings is 1. The molecule has 8 nitrogen and oxygen atoms in total. The zero-order valence-corrected chi connectivity index (χ0v) is 18.4. The third-order valence-electron chi connectivity index (χ3n) is 3.59.